The lowest BCUT2D eigenvalue weighted by Gasteiger charge is -2.25. The van der Waals surface area contributed by atoms with Gasteiger partial charge in [-0.25, -0.2) is 13.5 Å². The number of benzene rings is 4. The molecule has 0 aliphatic carbocycles. The predicted octanol–water partition coefficient (Wildman–Crippen LogP) is 5.19. The summed E-state index contributed by atoms with van der Waals surface area (Å²) in [5, 5.41) is 22.0. The molecule has 1 aromatic heterocycles. The van der Waals surface area contributed by atoms with Gasteiger partial charge in [-0.3, -0.25) is 19.7 Å². The first-order valence-electron chi connectivity index (χ1n) is 14.0. The fourth-order valence-electron chi connectivity index (χ4n) is 4.81. The molecule has 1 atom stereocenters. The van der Waals surface area contributed by atoms with Crippen molar-refractivity contribution in [1.82, 2.24) is 20.3 Å². The molecule has 0 aliphatic rings. The molecule has 1 heterocycles. The Morgan fingerprint density at radius 2 is 1.67 bits per heavy atom. The summed E-state index contributed by atoms with van der Waals surface area (Å²) in [6.45, 7) is 0.317. The lowest BCUT2D eigenvalue weighted by molar-refractivity contribution is -0.384. The molecule has 11 nitrogen and oxygen atoms in total. The summed E-state index contributed by atoms with van der Waals surface area (Å²) in [6, 6.07) is 21.1. The van der Waals surface area contributed by atoms with E-state index in [-0.39, 0.29) is 23.2 Å². The molecule has 46 heavy (non-hydrogen) atoms. The van der Waals surface area contributed by atoms with Gasteiger partial charge in [-0.2, -0.15) is 0 Å². The second kappa shape index (κ2) is 13.8. The molecular weight excluding hydrogens is 598 g/mol. The van der Waals surface area contributed by atoms with Crippen molar-refractivity contribution in [3.8, 4) is 17.0 Å². The third-order valence-electron chi connectivity index (χ3n) is 7.21. The van der Waals surface area contributed by atoms with Gasteiger partial charge in [-0.1, -0.05) is 29.5 Å². The van der Waals surface area contributed by atoms with E-state index in [9.17, 15) is 28.5 Å². The van der Waals surface area contributed by atoms with E-state index in [1.807, 2.05) is 0 Å². The van der Waals surface area contributed by atoms with E-state index >= 15 is 0 Å². The number of likely N-dealkylation sites (N-methyl/N-ethyl adjacent to an activating group) is 1. The number of halogens is 2. The fourth-order valence-corrected chi connectivity index (χ4v) is 4.81. The molecule has 13 heteroatoms. The van der Waals surface area contributed by atoms with Crippen molar-refractivity contribution in [3.05, 3.63) is 136 Å². The van der Waals surface area contributed by atoms with Crippen molar-refractivity contribution in [2.24, 2.45) is 0 Å². The minimum atomic E-state index is -1.17. The number of ether oxygens (including phenoxy) is 1. The lowest BCUT2D eigenvalue weighted by atomic mass is 10.0. The Morgan fingerprint density at radius 3 is 2.33 bits per heavy atom. The minimum Gasteiger partial charge on any atom is -0.497 e. The zero-order valence-electron chi connectivity index (χ0n) is 24.8. The Morgan fingerprint density at radius 1 is 0.978 bits per heavy atom. The molecule has 0 saturated heterocycles. The van der Waals surface area contributed by atoms with Crippen LogP contribution in [0, 0.1) is 21.7 Å². The van der Waals surface area contributed by atoms with Gasteiger partial charge in [0.2, 0.25) is 5.91 Å². The molecule has 0 aliphatic heterocycles. The number of aromatic nitrogens is 3. The molecule has 2 amide bonds. The quantitative estimate of drug-likeness (QED) is 0.158. The van der Waals surface area contributed by atoms with Gasteiger partial charge < -0.3 is 15.0 Å². The number of hydrogen-bond acceptors (Lipinski definition) is 7. The van der Waals surface area contributed by atoms with Crippen LogP contribution in [0.4, 0.5) is 20.2 Å². The Kier molecular flexibility index (Phi) is 9.41. The first-order chi connectivity index (χ1) is 22.1. The van der Waals surface area contributed by atoms with Gasteiger partial charge in [0.15, 0.2) is 0 Å². The Balaban J connectivity index is 1.35. The number of hydrogen-bond donors (Lipinski definition) is 1. The van der Waals surface area contributed by atoms with E-state index in [1.165, 1.54) is 31.2 Å². The molecule has 0 bridgehead atoms. The molecule has 5 aromatic rings. The van der Waals surface area contributed by atoms with Gasteiger partial charge in [0, 0.05) is 48.5 Å². The van der Waals surface area contributed by atoms with E-state index in [0.717, 1.165) is 23.8 Å². The Bertz CT molecular complexity index is 1860. The molecule has 0 fully saturated rings. The van der Waals surface area contributed by atoms with Gasteiger partial charge in [0.1, 0.15) is 29.1 Å². The zero-order valence-corrected chi connectivity index (χ0v) is 24.8. The maximum Gasteiger partial charge on any atom is 0.269 e. The second-order valence-corrected chi connectivity index (χ2v) is 10.4. The van der Waals surface area contributed by atoms with Crippen molar-refractivity contribution < 1.29 is 28.0 Å². The zero-order chi connectivity index (χ0) is 32.8. The number of nitro benzene ring substituents is 1. The van der Waals surface area contributed by atoms with Gasteiger partial charge in [-0.15, -0.1) is 5.10 Å². The number of carbonyl (C=O) groups excluding carboxylic acids is 2. The van der Waals surface area contributed by atoms with E-state index in [1.54, 1.807) is 71.5 Å². The largest absolute Gasteiger partial charge is 0.497 e. The third kappa shape index (κ3) is 7.56. The summed E-state index contributed by atoms with van der Waals surface area (Å²) < 4.78 is 34.7. The third-order valence-corrected chi connectivity index (χ3v) is 7.21. The van der Waals surface area contributed by atoms with Crippen molar-refractivity contribution in [1.29, 1.82) is 0 Å². The van der Waals surface area contributed by atoms with Gasteiger partial charge in [0.05, 0.1) is 24.8 Å². The molecular formula is C33H28F2N6O5. The highest BCUT2D eigenvalue weighted by Crippen LogP contribution is 2.22. The van der Waals surface area contributed by atoms with Crippen LogP contribution in [-0.4, -0.2) is 51.9 Å². The topological polar surface area (TPSA) is 132 Å². The maximum atomic E-state index is 14.0. The van der Waals surface area contributed by atoms with E-state index in [2.05, 4.69) is 15.6 Å². The molecule has 0 radical (unpaired) electrons. The molecule has 5 rings (SSSR count). The second-order valence-electron chi connectivity index (χ2n) is 10.4. The SMILES string of the molecule is COc1ccc(N(C)C(=O)[C@H](Cc2cc(F)cc(F)c2)NC(=O)c2cccc(-c3cn(Cc4ccc([N+](=O)[O-])cc4)nn3)c2)cc1. The summed E-state index contributed by atoms with van der Waals surface area (Å²) in [5.74, 6) is -2.10. The van der Waals surface area contributed by atoms with Crippen LogP contribution in [0.25, 0.3) is 11.3 Å². The van der Waals surface area contributed by atoms with Crippen molar-refractivity contribution in [2.75, 3.05) is 19.1 Å². The number of rotatable bonds is 11. The molecule has 0 spiro atoms. The molecule has 1 N–H and O–H groups in total. The first-order valence-corrected chi connectivity index (χ1v) is 14.0. The number of non-ortho nitro benzene ring substituents is 1. The summed E-state index contributed by atoms with van der Waals surface area (Å²) >= 11 is 0. The Hall–Kier alpha value is -5.98. The van der Waals surface area contributed by atoms with Gasteiger partial charge in [-0.05, 0) is 59.7 Å². The number of amides is 2. The number of nitrogens with one attached hydrogen (secondary N) is 1. The van der Waals surface area contributed by atoms with Crippen LogP contribution in [0.3, 0.4) is 0 Å². The number of anilines is 1. The van der Waals surface area contributed by atoms with Crippen LogP contribution in [0.15, 0.2) is 97.2 Å². The van der Waals surface area contributed by atoms with Crippen LogP contribution < -0.4 is 15.0 Å². The van der Waals surface area contributed by atoms with Crippen LogP contribution in [0.5, 0.6) is 5.75 Å². The molecule has 234 valence electrons. The summed E-state index contributed by atoms with van der Waals surface area (Å²) in [4.78, 5) is 39.0. The highest BCUT2D eigenvalue weighted by molar-refractivity contribution is 6.02. The van der Waals surface area contributed by atoms with Crippen molar-refractivity contribution in [3.63, 3.8) is 0 Å². The maximum absolute atomic E-state index is 14.0. The van der Waals surface area contributed by atoms with E-state index in [4.69, 9.17) is 4.74 Å². The number of nitro groups is 1. The minimum absolute atomic E-state index is 0.0162. The van der Waals surface area contributed by atoms with Crippen LogP contribution in [-0.2, 0) is 17.8 Å². The average Bonchev–Trinajstić information content (AvgIpc) is 3.52. The Labute approximate surface area is 262 Å². The fraction of sp³-hybridized carbons (Fsp3) is 0.152. The van der Waals surface area contributed by atoms with Crippen LogP contribution >= 0.6 is 0 Å². The number of nitrogens with zero attached hydrogens (tertiary/aromatic N) is 5. The van der Waals surface area contributed by atoms with Crippen molar-refractivity contribution >= 4 is 23.2 Å². The highest BCUT2D eigenvalue weighted by Gasteiger charge is 2.26. The average molecular weight is 627 g/mol. The standard InChI is InChI=1S/C33H28F2N6O5/c1-39(27-10-12-29(46-2)13-11-27)33(43)30(16-22-14-25(34)18-26(35)15-22)36-32(42)24-5-3-4-23(17-24)31-20-40(38-37-31)19-21-6-8-28(9-7-21)41(44)45/h3-15,17-18,20,30H,16,19H2,1-2H3,(H,36,42)/t30-/m0/s1. The smallest absolute Gasteiger partial charge is 0.269 e. The van der Waals surface area contributed by atoms with Gasteiger partial charge in [0.25, 0.3) is 11.6 Å². The monoisotopic (exact) mass is 626 g/mol. The van der Waals surface area contributed by atoms with E-state index < -0.39 is 34.4 Å². The summed E-state index contributed by atoms with van der Waals surface area (Å²) in [5.41, 5.74) is 2.75. The van der Waals surface area contributed by atoms with Crippen LogP contribution in [0.2, 0.25) is 0 Å². The molecule has 4 aromatic carbocycles. The predicted molar refractivity (Wildman–Crippen MR) is 165 cm³/mol. The number of methoxy groups -OCH3 is 1. The summed E-state index contributed by atoms with van der Waals surface area (Å²) in [7, 11) is 3.06. The lowest BCUT2D eigenvalue weighted by Crippen LogP contribution is -2.48. The van der Waals surface area contributed by atoms with E-state index in [0.29, 0.717) is 29.2 Å². The number of carbonyl (C=O) groups is 2. The van der Waals surface area contributed by atoms with Crippen LogP contribution in [0.1, 0.15) is 21.5 Å². The first kappa shape index (κ1) is 31.4. The highest BCUT2D eigenvalue weighted by atomic mass is 19.1. The normalized spacial score (nSPS) is 11.5. The van der Waals surface area contributed by atoms with Gasteiger partial charge >= 0.3 is 0 Å². The summed E-state index contributed by atoms with van der Waals surface area (Å²) in [6.07, 6.45) is 1.50. The molecule has 0 unspecified atom stereocenters. The van der Waals surface area contributed by atoms with Crippen molar-refractivity contribution in [2.45, 2.75) is 19.0 Å². The molecule has 0 saturated carbocycles.